The van der Waals surface area contributed by atoms with Gasteiger partial charge in [0.1, 0.15) is 11.8 Å². The highest BCUT2D eigenvalue weighted by Gasteiger charge is 2.30. The zero-order valence-electron chi connectivity index (χ0n) is 18.6. The molecule has 0 saturated heterocycles. The molecule has 3 aromatic carbocycles. The maximum absolute atomic E-state index is 13.5. The molecule has 3 rings (SSSR count). The van der Waals surface area contributed by atoms with Gasteiger partial charge in [0, 0.05) is 29.0 Å². The van der Waals surface area contributed by atoms with Crippen LogP contribution in [0, 0.1) is 0 Å². The largest absolute Gasteiger partial charge is 0.482 e. The number of amides is 2. The number of nitrogens with one attached hydrogen (secondary N) is 1. The number of hydrogen-bond acceptors (Lipinski definition) is 3. The van der Waals surface area contributed by atoms with Crippen molar-refractivity contribution in [1.82, 2.24) is 10.2 Å². The molecule has 1 atom stereocenters. The van der Waals surface area contributed by atoms with Crippen LogP contribution in [-0.4, -0.2) is 35.9 Å². The van der Waals surface area contributed by atoms with Gasteiger partial charge >= 0.3 is 0 Å². The monoisotopic (exact) mass is 562 g/mol. The van der Waals surface area contributed by atoms with E-state index in [0.717, 1.165) is 15.6 Å². The second-order valence-corrected chi connectivity index (χ2v) is 9.37. The lowest BCUT2D eigenvalue weighted by Gasteiger charge is -2.31. The molecule has 0 radical (unpaired) electrons. The summed E-state index contributed by atoms with van der Waals surface area (Å²) in [7, 11) is 0. The lowest BCUT2D eigenvalue weighted by molar-refractivity contribution is -0.142. The Morgan fingerprint density at radius 1 is 1.00 bits per heavy atom. The van der Waals surface area contributed by atoms with E-state index < -0.39 is 6.04 Å². The molecule has 0 aromatic heterocycles. The van der Waals surface area contributed by atoms with Crippen molar-refractivity contribution >= 4 is 50.9 Å². The fourth-order valence-corrected chi connectivity index (χ4v) is 4.40. The van der Waals surface area contributed by atoms with Crippen molar-refractivity contribution in [2.75, 3.05) is 13.2 Å². The van der Waals surface area contributed by atoms with Gasteiger partial charge in [-0.25, -0.2) is 0 Å². The van der Waals surface area contributed by atoms with Crippen molar-refractivity contribution in [3.8, 4) is 5.75 Å². The third kappa shape index (κ3) is 7.49. The number of hydrogen-bond donors (Lipinski definition) is 1. The van der Waals surface area contributed by atoms with Gasteiger partial charge in [0.05, 0.1) is 5.02 Å². The first-order valence-electron chi connectivity index (χ1n) is 10.8. The van der Waals surface area contributed by atoms with Crippen molar-refractivity contribution < 1.29 is 14.3 Å². The van der Waals surface area contributed by atoms with E-state index in [1.54, 1.807) is 23.1 Å². The van der Waals surface area contributed by atoms with Gasteiger partial charge in [-0.3, -0.25) is 9.59 Å². The summed E-state index contributed by atoms with van der Waals surface area (Å²) in [5.41, 5.74) is 1.84. The van der Waals surface area contributed by atoms with E-state index in [-0.39, 0.29) is 25.0 Å². The highest BCUT2D eigenvalue weighted by Crippen LogP contribution is 2.27. The van der Waals surface area contributed by atoms with E-state index in [4.69, 9.17) is 27.9 Å². The quantitative estimate of drug-likeness (QED) is 0.333. The van der Waals surface area contributed by atoms with Crippen LogP contribution < -0.4 is 10.1 Å². The molecule has 2 amide bonds. The Morgan fingerprint density at radius 2 is 1.74 bits per heavy atom. The molecule has 0 bridgehead atoms. The van der Waals surface area contributed by atoms with Crippen molar-refractivity contribution in [3.05, 3.63) is 98.4 Å². The molecule has 0 fully saturated rings. The maximum Gasteiger partial charge on any atom is 0.261 e. The number of rotatable bonds is 10. The Bertz CT molecular complexity index is 1130. The predicted octanol–water partition coefficient (Wildman–Crippen LogP) is 5.91. The van der Waals surface area contributed by atoms with E-state index >= 15 is 0 Å². The summed E-state index contributed by atoms with van der Waals surface area (Å²) in [5, 5.41) is 3.65. The molecule has 1 N–H and O–H groups in total. The molecular formula is C26H25BrCl2N2O3. The van der Waals surface area contributed by atoms with Crippen LogP contribution in [0.3, 0.4) is 0 Å². The minimum atomic E-state index is -0.724. The minimum Gasteiger partial charge on any atom is -0.482 e. The summed E-state index contributed by atoms with van der Waals surface area (Å²) in [6.07, 6.45) is 0.369. The molecular weight excluding hydrogens is 539 g/mol. The zero-order chi connectivity index (χ0) is 24.5. The van der Waals surface area contributed by atoms with Gasteiger partial charge in [0.2, 0.25) is 5.91 Å². The van der Waals surface area contributed by atoms with E-state index in [1.165, 1.54) is 0 Å². The SMILES string of the molecule is CCNC(=O)[C@H](Cc1ccccc1)N(Cc1cccc(Br)c1)C(=O)COc1ccc(Cl)cc1Cl. The normalized spacial score (nSPS) is 11.5. The lowest BCUT2D eigenvalue weighted by atomic mass is 10.0. The van der Waals surface area contributed by atoms with Crippen molar-refractivity contribution in [3.63, 3.8) is 0 Å². The standard InChI is InChI=1S/C26H25BrCl2N2O3/c1-2-30-26(33)23(14-18-7-4-3-5-8-18)31(16-19-9-6-10-20(27)13-19)25(32)17-34-24-12-11-21(28)15-22(24)29/h3-13,15,23H,2,14,16-17H2,1H3,(H,30,33)/t23-/m0/s1. The van der Waals surface area contributed by atoms with E-state index in [2.05, 4.69) is 21.2 Å². The number of halogens is 3. The Morgan fingerprint density at radius 3 is 2.41 bits per heavy atom. The van der Waals surface area contributed by atoms with Crippen molar-refractivity contribution in [1.29, 1.82) is 0 Å². The average molecular weight is 564 g/mol. The molecule has 0 saturated carbocycles. The van der Waals surface area contributed by atoms with Crippen LogP contribution in [0.2, 0.25) is 10.0 Å². The molecule has 5 nitrogen and oxygen atoms in total. The fourth-order valence-electron chi connectivity index (χ4n) is 3.49. The lowest BCUT2D eigenvalue weighted by Crippen LogP contribution is -2.51. The molecule has 0 aliphatic heterocycles. The van der Waals surface area contributed by atoms with E-state index in [1.807, 2.05) is 61.5 Å². The van der Waals surface area contributed by atoms with E-state index in [0.29, 0.717) is 28.8 Å². The van der Waals surface area contributed by atoms with Gasteiger partial charge in [0.25, 0.3) is 5.91 Å². The third-order valence-electron chi connectivity index (χ3n) is 5.11. The zero-order valence-corrected chi connectivity index (χ0v) is 21.7. The van der Waals surface area contributed by atoms with Gasteiger partial charge in [0.15, 0.2) is 6.61 Å². The molecule has 0 spiro atoms. The van der Waals surface area contributed by atoms with Crippen LogP contribution in [0.4, 0.5) is 0 Å². The van der Waals surface area contributed by atoms with Gasteiger partial charge in [-0.2, -0.15) is 0 Å². The van der Waals surface area contributed by atoms with E-state index in [9.17, 15) is 9.59 Å². The van der Waals surface area contributed by atoms with Gasteiger partial charge in [-0.1, -0.05) is 81.6 Å². The average Bonchev–Trinajstić information content (AvgIpc) is 2.81. The Kier molecular flexibility index (Phi) is 9.81. The fraction of sp³-hybridized carbons (Fsp3) is 0.231. The first-order chi connectivity index (χ1) is 16.4. The van der Waals surface area contributed by atoms with Crippen LogP contribution in [0.1, 0.15) is 18.1 Å². The molecule has 34 heavy (non-hydrogen) atoms. The van der Waals surface area contributed by atoms with Crippen LogP contribution in [0.15, 0.2) is 77.3 Å². The maximum atomic E-state index is 13.5. The predicted molar refractivity (Wildman–Crippen MR) is 139 cm³/mol. The van der Waals surface area contributed by atoms with Gasteiger partial charge in [-0.05, 0) is 48.4 Å². The Balaban J connectivity index is 1.90. The topological polar surface area (TPSA) is 58.6 Å². The molecule has 8 heteroatoms. The second-order valence-electron chi connectivity index (χ2n) is 7.62. The van der Waals surface area contributed by atoms with Crippen LogP contribution >= 0.6 is 39.1 Å². The Hall–Kier alpha value is -2.54. The first-order valence-corrected chi connectivity index (χ1v) is 12.4. The second kappa shape index (κ2) is 12.8. The highest BCUT2D eigenvalue weighted by molar-refractivity contribution is 9.10. The summed E-state index contributed by atoms with van der Waals surface area (Å²) in [6, 6.07) is 21.3. The summed E-state index contributed by atoms with van der Waals surface area (Å²) >= 11 is 15.6. The first kappa shape index (κ1) is 26.1. The molecule has 178 valence electrons. The number of carbonyl (C=O) groups excluding carboxylic acids is 2. The number of nitrogens with zero attached hydrogens (tertiary/aromatic N) is 1. The van der Waals surface area contributed by atoms with Crippen molar-refractivity contribution in [2.24, 2.45) is 0 Å². The smallest absolute Gasteiger partial charge is 0.261 e. The number of carbonyl (C=O) groups is 2. The van der Waals surface area contributed by atoms with Gasteiger partial charge in [-0.15, -0.1) is 0 Å². The summed E-state index contributed by atoms with van der Waals surface area (Å²) in [6.45, 7) is 2.27. The molecule has 0 aliphatic carbocycles. The summed E-state index contributed by atoms with van der Waals surface area (Å²) in [4.78, 5) is 28.1. The summed E-state index contributed by atoms with van der Waals surface area (Å²) < 4.78 is 6.60. The molecule has 0 aliphatic rings. The summed E-state index contributed by atoms with van der Waals surface area (Å²) in [5.74, 6) is -0.211. The minimum absolute atomic E-state index is 0.223. The highest BCUT2D eigenvalue weighted by atomic mass is 79.9. The molecule has 0 unspecified atom stereocenters. The molecule has 3 aromatic rings. The number of likely N-dealkylation sites (N-methyl/N-ethyl adjacent to an activating group) is 1. The van der Waals surface area contributed by atoms with Crippen molar-refractivity contribution in [2.45, 2.75) is 25.9 Å². The Labute approximate surface area is 218 Å². The van der Waals surface area contributed by atoms with Crippen LogP contribution in [0.25, 0.3) is 0 Å². The third-order valence-corrected chi connectivity index (χ3v) is 6.13. The van der Waals surface area contributed by atoms with Crippen LogP contribution in [-0.2, 0) is 22.6 Å². The van der Waals surface area contributed by atoms with Crippen LogP contribution in [0.5, 0.6) is 5.75 Å². The van der Waals surface area contributed by atoms with Gasteiger partial charge < -0.3 is 15.0 Å². The number of benzene rings is 3. The number of ether oxygens (including phenoxy) is 1. The molecule has 0 heterocycles.